The molecular weight excluding hydrogens is 334 g/mol. The Morgan fingerprint density at radius 1 is 1.04 bits per heavy atom. The minimum Gasteiger partial charge on any atom is -0.370 e. The molecule has 1 aromatic heterocycles. The van der Waals surface area contributed by atoms with Gasteiger partial charge < -0.3 is 10.6 Å². The van der Waals surface area contributed by atoms with E-state index >= 15 is 0 Å². The van der Waals surface area contributed by atoms with Gasteiger partial charge in [0.2, 0.25) is 11.8 Å². The molecule has 0 spiro atoms. The number of amides is 2. The molecule has 0 aliphatic carbocycles. The second kappa shape index (κ2) is 7.56. The van der Waals surface area contributed by atoms with E-state index in [1.54, 1.807) is 48.5 Å². The number of carbonyl (C=O) groups is 2. The number of primary amides is 1. The Kier molecular flexibility index (Phi) is 5.02. The second-order valence-corrected chi connectivity index (χ2v) is 5.67. The summed E-state index contributed by atoms with van der Waals surface area (Å²) in [4.78, 5) is 37.8. The number of carbonyl (C=O) groups excluding carboxylic acids is 2. The lowest BCUT2D eigenvalue weighted by atomic mass is 10.2. The number of nitrogens with two attached hydrogens (primary N) is 1. The highest BCUT2D eigenvalue weighted by Crippen LogP contribution is 2.14. The van der Waals surface area contributed by atoms with Crippen LogP contribution in [0.2, 0.25) is 0 Å². The van der Waals surface area contributed by atoms with Gasteiger partial charge in [0.25, 0.3) is 5.56 Å². The van der Waals surface area contributed by atoms with Crippen molar-refractivity contribution in [2.24, 2.45) is 5.73 Å². The standard InChI is InChI=1S/C18H17N5O3/c19-16(24)10-11-22(13-6-2-1-3-7-13)17(25)12-23-18(26)14-8-4-5-9-15(14)20-21-23/h1-9H,10-12H2,(H2,19,24). The Hall–Kier alpha value is -3.55. The molecule has 0 bridgehead atoms. The molecule has 8 nitrogen and oxygen atoms in total. The number of rotatable bonds is 6. The van der Waals surface area contributed by atoms with Crippen LogP contribution in [0.1, 0.15) is 6.42 Å². The zero-order valence-electron chi connectivity index (χ0n) is 13.9. The van der Waals surface area contributed by atoms with Crippen LogP contribution in [0, 0.1) is 0 Å². The number of para-hydroxylation sites is 1. The van der Waals surface area contributed by atoms with Crippen LogP contribution in [0.3, 0.4) is 0 Å². The molecule has 2 aromatic carbocycles. The van der Waals surface area contributed by atoms with E-state index in [2.05, 4.69) is 10.3 Å². The van der Waals surface area contributed by atoms with E-state index in [0.29, 0.717) is 16.6 Å². The van der Waals surface area contributed by atoms with Crippen LogP contribution in [0.5, 0.6) is 0 Å². The van der Waals surface area contributed by atoms with E-state index in [1.165, 1.54) is 4.90 Å². The first-order chi connectivity index (χ1) is 12.6. The van der Waals surface area contributed by atoms with Gasteiger partial charge in [-0.25, -0.2) is 4.68 Å². The van der Waals surface area contributed by atoms with Gasteiger partial charge in [-0.2, -0.15) is 0 Å². The number of nitrogens with zero attached hydrogens (tertiary/aromatic N) is 4. The summed E-state index contributed by atoms with van der Waals surface area (Å²) in [6.07, 6.45) is 0.0128. The molecule has 3 rings (SSSR count). The molecule has 0 unspecified atom stereocenters. The van der Waals surface area contributed by atoms with Gasteiger partial charge in [-0.05, 0) is 24.3 Å². The predicted molar refractivity (Wildman–Crippen MR) is 96.4 cm³/mol. The van der Waals surface area contributed by atoms with Crippen LogP contribution in [-0.4, -0.2) is 33.4 Å². The topological polar surface area (TPSA) is 111 Å². The summed E-state index contributed by atoms with van der Waals surface area (Å²) < 4.78 is 1.02. The number of hydrogen-bond donors (Lipinski definition) is 1. The van der Waals surface area contributed by atoms with E-state index in [-0.39, 0.29) is 25.4 Å². The van der Waals surface area contributed by atoms with Crippen molar-refractivity contribution in [1.82, 2.24) is 15.0 Å². The Bertz CT molecular complexity index is 1000. The molecule has 1 heterocycles. The number of anilines is 1. The molecule has 132 valence electrons. The zero-order chi connectivity index (χ0) is 18.5. The highest BCUT2D eigenvalue weighted by Gasteiger charge is 2.18. The molecule has 0 aliphatic heterocycles. The van der Waals surface area contributed by atoms with E-state index < -0.39 is 11.5 Å². The third-order valence-electron chi connectivity index (χ3n) is 3.87. The monoisotopic (exact) mass is 351 g/mol. The number of benzene rings is 2. The normalized spacial score (nSPS) is 10.6. The second-order valence-electron chi connectivity index (χ2n) is 5.67. The molecule has 8 heteroatoms. The van der Waals surface area contributed by atoms with E-state index in [0.717, 1.165) is 4.68 Å². The molecule has 0 atom stereocenters. The molecule has 3 aromatic rings. The maximum absolute atomic E-state index is 12.8. The van der Waals surface area contributed by atoms with Crippen molar-refractivity contribution >= 4 is 28.4 Å². The van der Waals surface area contributed by atoms with Gasteiger partial charge in [0, 0.05) is 18.7 Å². The van der Waals surface area contributed by atoms with Gasteiger partial charge >= 0.3 is 0 Å². The van der Waals surface area contributed by atoms with Crippen molar-refractivity contribution in [2.45, 2.75) is 13.0 Å². The molecule has 0 saturated carbocycles. The van der Waals surface area contributed by atoms with Gasteiger partial charge in [-0.3, -0.25) is 14.4 Å². The van der Waals surface area contributed by atoms with Crippen LogP contribution in [0.4, 0.5) is 5.69 Å². The van der Waals surface area contributed by atoms with Crippen molar-refractivity contribution < 1.29 is 9.59 Å². The van der Waals surface area contributed by atoms with Crippen LogP contribution in [0.25, 0.3) is 10.9 Å². The third-order valence-corrected chi connectivity index (χ3v) is 3.87. The summed E-state index contributed by atoms with van der Waals surface area (Å²) in [5.41, 5.74) is 5.89. The average Bonchev–Trinajstić information content (AvgIpc) is 2.65. The largest absolute Gasteiger partial charge is 0.370 e. The fraction of sp³-hybridized carbons (Fsp3) is 0.167. The highest BCUT2D eigenvalue weighted by atomic mass is 16.2. The van der Waals surface area contributed by atoms with Crippen molar-refractivity contribution in [2.75, 3.05) is 11.4 Å². The molecule has 0 radical (unpaired) electrons. The first-order valence-electron chi connectivity index (χ1n) is 8.02. The average molecular weight is 351 g/mol. The third kappa shape index (κ3) is 3.75. The quantitative estimate of drug-likeness (QED) is 0.703. The Morgan fingerprint density at radius 3 is 2.46 bits per heavy atom. The summed E-state index contributed by atoms with van der Waals surface area (Å²) in [5.74, 6) is -0.898. The van der Waals surface area contributed by atoms with Crippen LogP contribution in [0.15, 0.2) is 59.4 Å². The molecule has 0 saturated heterocycles. The predicted octanol–water partition coefficient (Wildman–Crippen LogP) is 0.700. The lowest BCUT2D eigenvalue weighted by Gasteiger charge is -2.22. The molecule has 0 fully saturated rings. The maximum atomic E-state index is 12.8. The minimum atomic E-state index is -0.513. The highest BCUT2D eigenvalue weighted by molar-refractivity contribution is 5.94. The van der Waals surface area contributed by atoms with Gasteiger partial charge in [-0.1, -0.05) is 35.5 Å². The minimum absolute atomic E-state index is 0.0128. The smallest absolute Gasteiger partial charge is 0.278 e. The van der Waals surface area contributed by atoms with Crippen molar-refractivity contribution in [3.8, 4) is 0 Å². The molecule has 26 heavy (non-hydrogen) atoms. The lowest BCUT2D eigenvalue weighted by molar-refractivity contribution is -0.119. The van der Waals surface area contributed by atoms with E-state index in [1.807, 2.05) is 6.07 Å². The SMILES string of the molecule is NC(=O)CCN(C(=O)Cn1nnc2ccccc2c1=O)c1ccccc1. The van der Waals surface area contributed by atoms with Gasteiger partial charge in [-0.15, -0.1) is 5.10 Å². The van der Waals surface area contributed by atoms with Crippen molar-refractivity contribution in [1.29, 1.82) is 0 Å². The van der Waals surface area contributed by atoms with Gasteiger partial charge in [0.05, 0.1) is 5.39 Å². The Balaban J connectivity index is 1.89. The summed E-state index contributed by atoms with van der Waals surface area (Å²) in [7, 11) is 0. The van der Waals surface area contributed by atoms with E-state index in [9.17, 15) is 14.4 Å². The van der Waals surface area contributed by atoms with Crippen LogP contribution < -0.4 is 16.2 Å². The molecule has 0 aliphatic rings. The summed E-state index contributed by atoms with van der Waals surface area (Å²) >= 11 is 0. The summed E-state index contributed by atoms with van der Waals surface area (Å²) in [5, 5.41) is 8.19. The number of hydrogen-bond acceptors (Lipinski definition) is 5. The van der Waals surface area contributed by atoms with Crippen LogP contribution in [-0.2, 0) is 16.1 Å². The Morgan fingerprint density at radius 2 is 1.73 bits per heavy atom. The Labute approximate surface area is 148 Å². The van der Waals surface area contributed by atoms with Gasteiger partial charge in [0.15, 0.2) is 0 Å². The maximum Gasteiger partial charge on any atom is 0.278 e. The summed E-state index contributed by atoms with van der Waals surface area (Å²) in [6.45, 7) is -0.168. The zero-order valence-corrected chi connectivity index (χ0v) is 13.9. The number of fused-ring (bicyclic) bond motifs is 1. The number of aromatic nitrogens is 3. The molecule has 2 N–H and O–H groups in total. The van der Waals surface area contributed by atoms with Crippen LogP contribution >= 0.6 is 0 Å². The van der Waals surface area contributed by atoms with Crippen molar-refractivity contribution in [3.05, 3.63) is 65.0 Å². The summed E-state index contributed by atoms with van der Waals surface area (Å²) in [6, 6.07) is 15.7. The fourth-order valence-electron chi connectivity index (χ4n) is 2.57. The lowest BCUT2D eigenvalue weighted by Crippen LogP contribution is -2.39. The first kappa shape index (κ1) is 17.3. The molecule has 2 amide bonds. The fourth-order valence-corrected chi connectivity index (χ4v) is 2.57. The van der Waals surface area contributed by atoms with Gasteiger partial charge in [0.1, 0.15) is 12.1 Å². The van der Waals surface area contributed by atoms with Crippen molar-refractivity contribution in [3.63, 3.8) is 0 Å². The first-order valence-corrected chi connectivity index (χ1v) is 8.02. The van der Waals surface area contributed by atoms with E-state index in [4.69, 9.17) is 5.73 Å². The molecular formula is C18H17N5O3.